The van der Waals surface area contributed by atoms with Crippen molar-refractivity contribution >= 4 is 18.3 Å². The Morgan fingerprint density at radius 3 is 2.47 bits per heavy atom. The fourth-order valence-corrected chi connectivity index (χ4v) is 1.70. The van der Waals surface area contributed by atoms with E-state index in [1.165, 1.54) is 0 Å². The van der Waals surface area contributed by atoms with Gasteiger partial charge in [-0.25, -0.2) is 0 Å². The second kappa shape index (κ2) is 9.64. The summed E-state index contributed by atoms with van der Waals surface area (Å²) in [6, 6.07) is 6.03. The molecule has 0 spiro atoms. The Morgan fingerprint density at radius 2 is 1.89 bits per heavy atom. The molecule has 3 N–H and O–H groups in total. The van der Waals surface area contributed by atoms with Crippen LogP contribution in [0.4, 0.5) is 0 Å². The van der Waals surface area contributed by atoms with Crippen molar-refractivity contribution in [2.24, 2.45) is 5.73 Å². The van der Waals surface area contributed by atoms with Crippen LogP contribution in [0.25, 0.3) is 0 Å². The maximum atomic E-state index is 11.4. The van der Waals surface area contributed by atoms with Crippen molar-refractivity contribution in [3.05, 3.63) is 29.3 Å². The maximum absolute atomic E-state index is 11.4. The number of amides is 1. The summed E-state index contributed by atoms with van der Waals surface area (Å²) < 4.78 is 5.56. The van der Waals surface area contributed by atoms with Gasteiger partial charge in [0.2, 0.25) is 5.91 Å². The van der Waals surface area contributed by atoms with E-state index in [4.69, 9.17) is 10.5 Å². The lowest BCUT2D eigenvalue weighted by atomic mass is 10.1. The largest absolute Gasteiger partial charge is 0.493 e. The van der Waals surface area contributed by atoms with E-state index < -0.39 is 0 Å². The molecule has 0 bridgehead atoms. The third kappa shape index (κ3) is 7.70. The fourth-order valence-electron chi connectivity index (χ4n) is 1.70. The molecule has 0 fully saturated rings. The Bertz CT molecular complexity index is 377. The molecule has 1 aromatic carbocycles. The first-order valence-electron chi connectivity index (χ1n) is 6.29. The number of rotatable bonds is 7. The lowest BCUT2D eigenvalue weighted by Crippen LogP contribution is -2.27. The zero-order valence-electron chi connectivity index (χ0n) is 11.6. The highest BCUT2D eigenvalue weighted by Crippen LogP contribution is 2.16. The van der Waals surface area contributed by atoms with E-state index in [0.717, 1.165) is 23.3 Å². The van der Waals surface area contributed by atoms with Crippen molar-refractivity contribution in [1.82, 2.24) is 5.32 Å². The van der Waals surface area contributed by atoms with Gasteiger partial charge in [-0.1, -0.05) is 6.07 Å². The Hall–Kier alpha value is -1.26. The highest BCUT2D eigenvalue weighted by Gasteiger charge is 2.02. The highest BCUT2D eigenvalue weighted by molar-refractivity contribution is 5.85. The molecule has 0 heterocycles. The van der Waals surface area contributed by atoms with Crippen LogP contribution >= 0.6 is 12.4 Å². The summed E-state index contributed by atoms with van der Waals surface area (Å²) in [5, 5.41) is 2.79. The normalized spacial score (nSPS) is 9.63. The molecule has 5 heteroatoms. The second-order valence-corrected chi connectivity index (χ2v) is 4.41. The number of hydrogen-bond acceptors (Lipinski definition) is 3. The minimum absolute atomic E-state index is 0. The summed E-state index contributed by atoms with van der Waals surface area (Å²) in [4.78, 5) is 11.4. The van der Waals surface area contributed by atoms with Crippen LogP contribution in [0.5, 0.6) is 5.75 Å². The highest BCUT2D eigenvalue weighted by atomic mass is 35.5. The Labute approximate surface area is 121 Å². The van der Waals surface area contributed by atoms with Crippen molar-refractivity contribution in [1.29, 1.82) is 0 Å². The number of benzene rings is 1. The monoisotopic (exact) mass is 286 g/mol. The van der Waals surface area contributed by atoms with Crippen LogP contribution in [-0.4, -0.2) is 25.6 Å². The molecule has 0 saturated carbocycles. The van der Waals surface area contributed by atoms with Gasteiger partial charge in [-0.05, 0) is 50.1 Å². The van der Waals surface area contributed by atoms with Gasteiger partial charge in [-0.3, -0.25) is 4.79 Å². The quantitative estimate of drug-likeness (QED) is 0.753. The topological polar surface area (TPSA) is 64.3 Å². The third-order valence-corrected chi connectivity index (χ3v) is 2.50. The molecule has 0 aliphatic heterocycles. The molecule has 1 rings (SSSR count). The molecule has 0 saturated heterocycles. The first kappa shape index (κ1) is 17.7. The minimum Gasteiger partial charge on any atom is -0.493 e. The van der Waals surface area contributed by atoms with Crippen LogP contribution < -0.4 is 15.8 Å². The van der Waals surface area contributed by atoms with Gasteiger partial charge in [0.05, 0.1) is 13.0 Å². The maximum Gasteiger partial charge on any atom is 0.223 e. The lowest BCUT2D eigenvalue weighted by molar-refractivity contribution is -0.121. The van der Waals surface area contributed by atoms with E-state index in [9.17, 15) is 4.79 Å². The van der Waals surface area contributed by atoms with Gasteiger partial charge in [0, 0.05) is 6.54 Å². The number of nitrogens with one attached hydrogen (secondary N) is 1. The number of nitrogens with two attached hydrogens (primary N) is 1. The zero-order valence-corrected chi connectivity index (χ0v) is 12.4. The summed E-state index contributed by atoms with van der Waals surface area (Å²) >= 11 is 0. The predicted molar refractivity (Wildman–Crippen MR) is 80.0 cm³/mol. The molecular formula is C14H23ClN2O2. The van der Waals surface area contributed by atoms with Gasteiger partial charge in [0.1, 0.15) is 5.75 Å². The minimum atomic E-state index is 0. The number of carbonyl (C=O) groups is 1. The van der Waals surface area contributed by atoms with Gasteiger partial charge in [0.25, 0.3) is 0 Å². The van der Waals surface area contributed by atoms with E-state index in [1.807, 2.05) is 26.0 Å². The predicted octanol–water partition coefficient (Wildman–Crippen LogP) is 1.96. The summed E-state index contributed by atoms with van der Waals surface area (Å²) in [7, 11) is 0. The molecule has 19 heavy (non-hydrogen) atoms. The first-order valence-corrected chi connectivity index (χ1v) is 6.29. The Kier molecular flexibility index (Phi) is 9.00. The average Bonchev–Trinajstić information content (AvgIpc) is 2.28. The molecule has 0 aliphatic rings. The Balaban J connectivity index is 0.00000324. The summed E-state index contributed by atoms with van der Waals surface area (Å²) in [6.07, 6.45) is 1.18. The SMILES string of the molecule is Cc1cc(C)cc(OCCC(=O)NCCCN)c1.Cl. The molecule has 1 amide bonds. The number of aryl methyl sites for hydroxylation is 2. The lowest BCUT2D eigenvalue weighted by Gasteiger charge is -2.08. The molecule has 4 nitrogen and oxygen atoms in total. The second-order valence-electron chi connectivity index (χ2n) is 4.41. The molecule has 0 aromatic heterocycles. The standard InChI is InChI=1S/C14H22N2O2.ClH/c1-11-8-12(2)10-13(9-11)18-7-4-14(17)16-6-3-5-15;/h8-10H,3-7,15H2,1-2H3,(H,16,17);1H. The van der Waals surface area contributed by atoms with E-state index in [2.05, 4.69) is 11.4 Å². The summed E-state index contributed by atoms with van der Waals surface area (Å²) in [5.41, 5.74) is 7.67. The van der Waals surface area contributed by atoms with Gasteiger partial charge in [0.15, 0.2) is 0 Å². The van der Waals surface area contributed by atoms with Crippen molar-refractivity contribution in [3.63, 3.8) is 0 Å². The van der Waals surface area contributed by atoms with Crippen LogP contribution in [-0.2, 0) is 4.79 Å². The van der Waals surface area contributed by atoms with E-state index in [0.29, 0.717) is 26.1 Å². The number of halogens is 1. The van der Waals surface area contributed by atoms with Crippen LogP contribution in [0.2, 0.25) is 0 Å². The van der Waals surface area contributed by atoms with Crippen molar-refractivity contribution < 1.29 is 9.53 Å². The van der Waals surface area contributed by atoms with Crippen LogP contribution in [0.15, 0.2) is 18.2 Å². The van der Waals surface area contributed by atoms with Gasteiger partial charge in [-0.2, -0.15) is 0 Å². The molecule has 0 atom stereocenters. The molecular weight excluding hydrogens is 264 g/mol. The van der Waals surface area contributed by atoms with E-state index in [1.54, 1.807) is 0 Å². The molecule has 1 aromatic rings. The summed E-state index contributed by atoms with van der Waals surface area (Å²) in [6.45, 7) is 5.69. The van der Waals surface area contributed by atoms with Gasteiger partial charge >= 0.3 is 0 Å². The van der Waals surface area contributed by atoms with Crippen LogP contribution in [0.3, 0.4) is 0 Å². The number of hydrogen-bond donors (Lipinski definition) is 2. The zero-order chi connectivity index (χ0) is 13.4. The van der Waals surface area contributed by atoms with Crippen molar-refractivity contribution in [2.75, 3.05) is 19.7 Å². The van der Waals surface area contributed by atoms with Crippen LogP contribution in [0, 0.1) is 13.8 Å². The molecule has 0 unspecified atom stereocenters. The van der Waals surface area contributed by atoms with Crippen molar-refractivity contribution in [3.8, 4) is 5.75 Å². The molecule has 0 aliphatic carbocycles. The smallest absolute Gasteiger partial charge is 0.223 e. The van der Waals surface area contributed by atoms with E-state index >= 15 is 0 Å². The number of carbonyl (C=O) groups excluding carboxylic acids is 1. The molecule has 108 valence electrons. The van der Waals surface area contributed by atoms with Crippen LogP contribution in [0.1, 0.15) is 24.0 Å². The van der Waals surface area contributed by atoms with E-state index in [-0.39, 0.29) is 18.3 Å². The third-order valence-electron chi connectivity index (χ3n) is 2.50. The average molecular weight is 287 g/mol. The fraction of sp³-hybridized carbons (Fsp3) is 0.500. The van der Waals surface area contributed by atoms with Gasteiger partial charge < -0.3 is 15.8 Å². The first-order chi connectivity index (χ1) is 8.61. The summed E-state index contributed by atoms with van der Waals surface area (Å²) in [5.74, 6) is 0.829. The molecule has 0 radical (unpaired) electrons. The van der Waals surface area contributed by atoms with Gasteiger partial charge in [-0.15, -0.1) is 12.4 Å². The van der Waals surface area contributed by atoms with Crippen molar-refractivity contribution in [2.45, 2.75) is 26.7 Å². The Morgan fingerprint density at radius 1 is 1.26 bits per heavy atom. The number of ether oxygens (including phenoxy) is 1.